The van der Waals surface area contributed by atoms with Crippen molar-refractivity contribution in [2.75, 3.05) is 13.7 Å². The first-order chi connectivity index (χ1) is 8.76. The van der Waals surface area contributed by atoms with Crippen LogP contribution in [0.4, 0.5) is 0 Å². The molecule has 1 unspecified atom stereocenters. The summed E-state index contributed by atoms with van der Waals surface area (Å²) in [7, 11) is 1.65. The second-order valence-corrected chi connectivity index (χ2v) is 4.20. The molecule has 0 amide bonds. The Morgan fingerprint density at radius 1 is 1.33 bits per heavy atom. The van der Waals surface area contributed by atoms with Crippen molar-refractivity contribution in [3.05, 3.63) is 47.3 Å². The zero-order valence-electron chi connectivity index (χ0n) is 11.0. The van der Waals surface area contributed by atoms with E-state index in [1.165, 1.54) is 0 Å². The molecule has 0 aliphatic heterocycles. The molecule has 0 aromatic carbocycles. The van der Waals surface area contributed by atoms with E-state index in [0.717, 1.165) is 29.4 Å². The van der Waals surface area contributed by atoms with Crippen LogP contribution < -0.4 is 5.32 Å². The molecule has 0 saturated heterocycles. The number of methoxy groups -OCH3 is 1. The fraction of sp³-hybridized carbons (Fsp3) is 0.429. The summed E-state index contributed by atoms with van der Waals surface area (Å²) in [6, 6.07) is 5.81. The van der Waals surface area contributed by atoms with Crippen molar-refractivity contribution < 1.29 is 13.6 Å². The first kappa shape index (κ1) is 12.9. The molecule has 0 radical (unpaired) electrons. The molecule has 4 heteroatoms. The SMILES string of the molecule is CCNC(c1ccc(COC)o1)c1occc1C. The lowest BCUT2D eigenvalue weighted by Gasteiger charge is -2.14. The fourth-order valence-corrected chi connectivity index (χ4v) is 1.98. The molecule has 0 aliphatic carbocycles. The summed E-state index contributed by atoms with van der Waals surface area (Å²) in [5.74, 6) is 2.57. The van der Waals surface area contributed by atoms with Crippen LogP contribution in [0.5, 0.6) is 0 Å². The number of hydrogen-bond donors (Lipinski definition) is 1. The number of furan rings is 2. The van der Waals surface area contributed by atoms with Crippen LogP contribution in [0.2, 0.25) is 0 Å². The summed E-state index contributed by atoms with van der Waals surface area (Å²) in [6.45, 7) is 5.41. The molecule has 4 nitrogen and oxygen atoms in total. The maximum Gasteiger partial charge on any atom is 0.131 e. The molecule has 1 N–H and O–H groups in total. The standard InChI is InChI=1S/C14H19NO3/c1-4-15-13(14-10(2)7-8-17-14)12-6-5-11(18-12)9-16-3/h5-8,13,15H,4,9H2,1-3H3. The van der Waals surface area contributed by atoms with Gasteiger partial charge in [0.25, 0.3) is 0 Å². The molecule has 0 bridgehead atoms. The van der Waals surface area contributed by atoms with Gasteiger partial charge in [-0.05, 0) is 37.2 Å². The van der Waals surface area contributed by atoms with Gasteiger partial charge in [0, 0.05) is 7.11 Å². The molecular weight excluding hydrogens is 230 g/mol. The van der Waals surface area contributed by atoms with E-state index in [1.807, 2.05) is 25.1 Å². The van der Waals surface area contributed by atoms with Crippen molar-refractivity contribution in [1.29, 1.82) is 0 Å². The molecule has 0 saturated carbocycles. The van der Waals surface area contributed by atoms with Gasteiger partial charge in [0.2, 0.25) is 0 Å². The molecule has 0 aliphatic rings. The Balaban J connectivity index is 2.26. The zero-order chi connectivity index (χ0) is 13.0. The molecule has 18 heavy (non-hydrogen) atoms. The van der Waals surface area contributed by atoms with Gasteiger partial charge in [0.1, 0.15) is 29.9 Å². The lowest BCUT2D eigenvalue weighted by molar-refractivity contribution is 0.161. The predicted octanol–water partition coefficient (Wildman–Crippen LogP) is 3.03. The highest BCUT2D eigenvalue weighted by Crippen LogP contribution is 2.27. The van der Waals surface area contributed by atoms with Crippen LogP contribution in [0.1, 0.15) is 35.8 Å². The largest absolute Gasteiger partial charge is 0.467 e. The van der Waals surface area contributed by atoms with Crippen LogP contribution in [-0.4, -0.2) is 13.7 Å². The third-order valence-corrected chi connectivity index (χ3v) is 2.83. The summed E-state index contributed by atoms with van der Waals surface area (Å²) < 4.78 is 16.4. The Hall–Kier alpha value is -1.52. The van der Waals surface area contributed by atoms with Crippen LogP contribution in [-0.2, 0) is 11.3 Å². The average molecular weight is 249 g/mol. The molecule has 2 rings (SSSR count). The van der Waals surface area contributed by atoms with Crippen molar-refractivity contribution in [1.82, 2.24) is 5.32 Å². The van der Waals surface area contributed by atoms with E-state index >= 15 is 0 Å². The Bertz CT molecular complexity index is 487. The molecular formula is C14H19NO3. The van der Waals surface area contributed by atoms with E-state index in [2.05, 4.69) is 12.2 Å². The average Bonchev–Trinajstić information content (AvgIpc) is 2.96. The van der Waals surface area contributed by atoms with Crippen LogP contribution in [0.3, 0.4) is 0 Å². The Labute approximate surface area is 107 Å². The van der Waals surface area contributed by atoms with Crippen molar-refractivity contribution in [3.8, 4) is 0 Å². The van der Waals surface area contributed by atoms with Crippen LogP contribution >= 0.6 is 0 Å². The highest BCUT2D eigenvalue weighted by atomic mass is 16.5. The Morgan fingerprint density at radius 3 is 2.78 bits per heavy atom. The topological polar surface area (TPSA) is 47.5 Å². The lowest BCUT2D eigenvalue weighted by Crippen LogP contribution is -2.21. The van der Waals surface area contributed by atoms with Gasteiger partial charge in [-0.1, -0.05) is 6.92 Å². The van der Waals surface area contributed by atoms with Crippen LogP contribution in [0, 0.1) is 6.92 Å². The van der Waals surface area contributed by atoms with E-state index in [0.29, 0.717) is 6.61 Å². The highest BCUT2D eigenvalue weighted by Gasteiger charge is 2.21. The first-order valence-corrected chi connectivity index (χ1v) is 6.11. The number of rotatable bonds is 6. The molecule has 0 fully saturated rings. The minimum absolute atomic E-state index is 0.0457. The van der Waals surface area contributed by atoms with Gasteiger partial charge in [-0.2, -0.15) is 0 Å². The van der Waals surface area contributed by atoms with Gasteiger partial charge in [0.15, 0.2) is 0 Å². The van der Waals surface area contributed by atoms with Gasteiger partial charge in [-0.25, -0.2) is 0 Å². The van der Waals surface area contributed by atoms with Gasteiger partial charge >= 0.3 is 0 Å². The minimum atomic E-state index is -0.0457. The molecule has 2 aromatic heterocycles. The fourth-order valence-electron chi connectivity index (χ4n) is 1.98. The second kappa shape index (κ2) is 5.89. The van der Waals surface area contributed by atoms with Crippen molar-refractivity contribution >= 4 is 0 Å². The monoisotopic (exact) mass is 249 g/mol. The Kier molecular flexibility index (Phi) is 4.23. The third-order valence-electron chi connectivity index (χ3n) is 2.83. The van der Waals surface area contributed by atoms with Gasteiger partial charge in [0.05, 0.1) is 6.26 Å². The third kappa shape index (κ3) is 2.66. The number of hydrogen-bond acceptors (Lipinski definition) is 4. The molecule has 2 aromatic rings. The summed E-state index contributed by atoms with van der Waals surface area (Å²) in [6.07, 6.45) is 1.70. The van der Waals surface area contributed by atoms with E-state index < -0.39 is 0 Å². The van der Waals surface area contributed by atoms with Gasteiger partial charge < -0.3 is 18.9 Å². The van der Waals surface area contributed by atoms with Crippen molar-refractivity contribution in [2.24, 2.45) is 0 Å². The number of aryl methyl sites for hydroxylation is 1. The number of nitrogens with one attached hydrogen (secondary N) is 1. The van der Waals surface area contributed by atoms with Crippen molar-refractivity contribution in [2.45, 2.75) is 26.5 Å². The maximum atomic E-state index is 5.77. The van der Waals surface area contributed by atoms with Crippen molar-refractivity contribution in [3.63, 3.8) is 0 Å². The molecule has 0 spiro atoms. The van der Waals surface area contributed by atoms with Crippen LogP contribution in [0.25, 0.3) is 0 Å². The summed E-state index contributed by atoms with van der Waals surface area (Å²) in [4.78, 5) is 0. The normalized spacial score (nSPS) is 12.8. The van der Waals surface area contributed by atoms with E-state index in [1.54, 1.807) is 13.4 Å². The minimum Gasteiger partial charge on any atom is -0.467 e. The summed E-state index contributed by atoms with van der Waals surface area (Å²) in [5, 5.41) is 3.37. The van der Waals surface area contributed by atoms with Gasteiger partial charge in [-0.3, -0.25) is 0 Å². The first-order valence-electron chi connectivity index (χ1n) is 6.11. The lowest BCUT2D eigenvalue weighted by atomic mass is 10.1. The summed E-state index contributed by atoms with van der Waals surface area (Å²) >= 11 is 0. The highest BCUT2D eigenvalue weighted by molar-refractivity contribution is 5.26. The quantitative estimate of drug-likeness (QED) is 0.854. The smallest absolute Gasteiger partial charge is 0.131 e. The molecule has 2 heterocycles. The second-order valence-electron chi connectivity index (χ2n) is 4.20. The van der Waals surface area contributed by atoms with E-state index in [-0.39, 0.29) is 6.04 Å². The number of ether oxygens (including phenoxy) is 1. The summed E-state index contributed by atoms with van der Waals surface area (Å²) in [5.41, 5.74) is 1.12. The Morgan fingerprint density at radius 2 is 2.17 bits per heavy atom. The predicted molar refractivity (Wildman–Crippen MR) is 68.4 cm³/mol. The molecule has 98 valence electrons. The van der Waals surface area contributed by atoms with E-state index in [9.17, 15) is 0 Å². The van der Waals surface area contributed by atoms with E-state index in [4.69, 9.17) is 13.6 Å². The van der Waals surface area contributed by atoms with Gasteiger partial charge in [-0.15, -0.1) is 0 Å². The van der Waals surface area contributed by atoms with Crippen LogP contribution in [0.15, 0.2) is 33.3 Å². The maximum absolute atomic E-state index is 5.77. The zero-order valence-corrected chi connectivity index (χ0v) is 11.0. The molecule has 1 atom stereocenters.